The molecule has 1 saturated carbocycles. The van der Waals surface area contributed by atoms with Crippen molar-refractivity contribution in [3.63, 3.8) is 0 Å². The van der Waals surface area contributed by atoms with Gasteiger partial charge in [-0.1, -0.05) is 22.0 Å². The fourth-order valence-corrected chi connectivity index (χ4v) is 5.07. The summed E-state index contributed by atoms with van der Waals surface area (Å²) < 4.78 is 27.6. The van der Waals surface area contributed by atoms with E-state index in [-0.39, 0.29) is 6.04 Å². The predicted octanol–water partition coefficient (Wildman–Crippen LogP) is 3.09. The molecule has 0 spiro atoms. The Morgan fingerprint density at radius 2 is 2.10 bits per heavy atom. The van der Waals surface area contributed by atoms with Gasteiger partial charge in [-0.25, -0.2) is 8.42 Å². The molecule has 0 N–H and O–H groups in total. The number of pyridine rings is 1. The average Bonchev–Trinajstić information content (AvgIpc) is 3.29. The Morgan fingerprint density at radius 1 is 1.33 bits per heavy atom. The van der Waals surface area contributed by atoms with Gasteiger partial charge in [-0.3, -0.25) is 4.98 Å². The van der Waals surface area contributed by atoms with E-state index in [0.717, 1.165) is 23.9 Å². The van der Waals surface area contributed by atoms with Crippen LogP contribution in [0.1, 0.15) is 18.4 Å². The van der Waals surface area contributed by atoms with Crippen molar-refractivity contribution >= 4 is 36.9 Å². The molecule has 0 aliphatic heterocycles. The van der Waals surface area contributed by atoms with Crippen molar-refractivity contribution in [2.45, 2.75) is 30.7 Å². The van der Waals surface area contributed by atoms with Gasteiger partial charge in [0, 0.05) is 29.5 Å². The van der Waals surface area contributed by atoms with Gasteiger partial charge in [0.1, 0.15) is 0 Å². The standard InChI is InChI=1S/C15H17BrN2O2S/c1-11-4-7-14(13-3-2-9-17-15(11)13)21(19,20)18(10-8-16)12-5-6-12/h2-4,7,9,12H,5-6,8,10H2,1H3. The third-order valence-electron chi connectivity index (χ3n) is 3.78. The van der Waals surface area contributed by atoms with Crippen LogP contribution in [0, 0.1) is 6.92 Å². The molecule has 1 aromatic carbocycles. The minimum Gasteiger partial charge on any atom is -0.256 e. The fourth-order valence-electron chi connectivity index (χ4n) is 2.58. The summed E-state index contributed by atoms with van der Waals surface area (Å²) >= 11 is 3.35. The van der Waals surface area contributed by atoms with Crippen LogP contribution >= 0.6 is 15.9 Å². The van der Waals surface area contributed by atoms with Crippen molar-refractivity contribution < 1.29 is 8.42 Å². The third-order valence-corrected chi connectivity index (χ3v) is 6.14. The first-order valence-corrected chi connectivity index (χ1v) is 9.54. The van der Waals surface area contributed by atoms with E-state index in [9.17, 15) is 8.42 Å². The first-order chi connectivity index (χ1) is 10.1. The zero-order valence-electron chi connectivity index (χ0n) is 11.8. The van der Waals surface area contributed by atoms with Crippen LogP contribution in [-0.4, -0.2) is 35.6 Å². The minimum absolute atomic E-state index is 0.153. The summed E-state index contributed by atoms with van der Waals surface area (Å²) in [6.45, 7) is 2.45. The van der Waals surface area contributed by atoms with E-state index in [2.05, 4.69) is 20.9 Å². The number of hydrogen-bond donors (Lipinski definition) is 0. The molecule has 1 aromatic heterocycles. The fraction of sp³-hybridized carbons (Fsp3) is 0.400. The number of alkyl halides is 1. The van der Waals surface area contributed by atoms with Gasteiger partial charge in [0.05, 0.1) is 10.4 Å². The van der Waals surface area contributed by atoms with Gasteiger partial charge in [0.2, 0.25) is 10.0 Å². The summed E-state index contributed by atoms with van der Waals surface area (Å²) in [6, 6.07) is 7.31. The molecule has 1 aliphatic carbocycles. The summed E-state index contributed by atoms with van der Waals surface area (Å²) in [5, 5.41) is 1.35. The van der Waals surface area contributed by atoms with E-state index in [1.807, 2.05) is 19.1 Å². The third kappa shape index (κ3) is 2.72. The van der Waals surface area contributed by atoms with Gasteiger partial charge in [0.25, 0.3) is 0 Å². The van der Waals surface area contributed by atoms with E-state index >= 15 is 0 Å². The van der Waals surface area contributed by atoms with E-state index in [0.29, 0.717) is 22.2 Å². The number of fused-ring (bicyclic) bond motifs is 1. The van der Waals surface area contributed by atoms with E-state index < -0.39 is 10.0 Å². The second-order valence-corrected chi connectivity index (χ2v) is 7.97. The summed E-state index contributed by atoms with van der Waals surface area (Å²) in [4.78, 5) is 4.69. The number of nitrogens with zero attached hydrogens (tertiary/aromatic N) is 2. The van der Waals surface area contributed by atoms with Crippen LogP contribution in [0.5, 0.6) is 0 Å². The molecule has 0 bridgehead atoms. The van der Waals surface area contributed by atoms with Crippen molar-refractivity contribution in [3.8, 4) is 0 Å². The monoisotopic (exact) mass is 368 g/mol. The van der Waals surface area contributed by atoms with Crippen LogP contribution in [0.2, 0.25) is 0 Å². The highest BCUT2D eigenvalue weighted by Gasteiger charge is 2.38. The van der Waals surface area contributed by atoms with Gasteiger partial charge in [-0.05, 0) is 43.5 Å². The van der Waals surface area contributed by atoms with Crippen molar-refractivity contribution in [1.82, 2.24) is 9.29 Å². The number of benzene rings is 1. The summed E-state index contributed by atoms with van der Waals surface area (Å²) in [5.41, 5.74) is 1.75. The number of rotatable bonds is 5. The highest BCUT2D eigenvalue weighted by molar-refractivity contribution is 9.09. The molecule has 1 aliphatic rings. The van der Waals surface area contributed by atoms with Crippen LogP contribution in [0.3, 0.4) is 0 Å². The van der Waals surface area contributed by atoms with Crippen LogP contribution < -0.4 is 0 Å². The van der Waals surface area contributed by atoms with Crippen LogP contribution in [0.4, 0.5) is 0 Å². The van der Waals surface area contributed by atoms with E-state index in [1.165, 1.54) is 0 Å². The van der Waals surface area contributed by atoms with Crippen molar-refractivity contribution in [3.05, 3.63) is 36.0 Å². The Hall–Kier alpha value is -0.980. The predicted molar refractivity (Wildman–Crippen MR) is 87.2 cm³/mol. The van der Waals surface area contributed by atoms with Gasteiger partial charge < -0.3 is 0 Å². The highest BCUT2D eigenvalue weighted by atomic mass is 79.9. The maximum Gasteiger partial charge on any atom is 0.244 e. The molecule has 0 amide bonds. The summed E-state index contributed by atoms with van der Waals surface area (Å²) in [7, 11) is -3.48. The van der Waals surface area contributed by atoms with Crippen molar-refractivity contribution in [1.29, 1.82) is 0 Å². The molecule has 6 heteroatoms. The topological polar surface area (TPSA) is 50.3 Å². The number of sulfonamides is 1. The van der Waals surface area contributed by atoms with Gasteiger partial charge in [-0.15, -0.1) is 0 Å². The second-order valence-electron chi connectivity index (χ2n) is 5.32. The zero-order valence-corrected chi connectivity index (χ0v) is 14.2. The molecule has 0 unspecified atom stereocenters. The Labute approximate surface area is 133 Å². The first-order valence-electron chi connectivity index (χ1n) is 6.98. The van der Waals surface area contributed by atoms with Crippen LogP contribution in [0.25, 0.3) is 10.9 Å². The lowest BCUT2D eigenvalue weighted by atomic mass is 10.1. The molecular formula is C15H17BrN2O2S. The lowest BCUT2D eigenvalue weighted by Gasteiger charge is -2.22. The molecular weight excluding hydrogens is 352 g/mol. The minimum atomic E-state index is -3.48. The Morgan fingerprint density at radius 3 is 2.76 bits per heavy atom. The average molecular weight is 369 g/mol. The van der Waals surface area contributed by atoms with Crippen molar-refractivity contribution in [2.75, 3.05) is 11.9 Å². The molecule has 21 heavy (non-hydrogen) atoms. The molecule has 3 rings (SSSR count). The number of aryl methyl sites for hydroxylation is 1. The quantitative estimate of drug-likeness (QED) is 0.761. The first kappa shape index (κ1) is 14.9. The number of halogens is 1. The van der Waals surface area contributed by atoms with Gasteiger partial charge in [0.15, 0.2) is 0 Å². The molecule has 1 heterocycles. The zero-order chi connectivity index (χ0) is 15.0. The lowest BCUT2D eigenvalue weighted by molar-refractivity contribution is 0.425. The lowest BCUT2D eigenvalue weighted by Crippen LogP contribution is -2.34. The van der Waals surface area contributed by atoms with E-state index in [4.69, 9.17) is 0 Å². The highest BCUT2D eigenvalue weighted by Crippen LogP contribution is 2.34. The maximum absolute atomic E-state index is 13.0. The molecule has 0 radical (unpaired) electrons. The largest absolute Gasteiger partial charge is 0.256 e. The normalized spacial score (nSPS) is 15.8. The molecule has 4 nitrogen and oxygen atoms in total. The van der Waals surface area contributed by atoms with Crippen molar-refractivity contribution in [2.24, 2.45) is 0 Å². The Kier molecular flexibility index (Phi) is 4.03. The van der Waals surface area contributed by atoms with Crippen LogP contribution in [0.15, 0.2) is 35.4 Å². The molecule has 2 aromatic rings. The summed E-state index contributed by atoms with van der Waals surface area (Å²) in [6.07, 6.45) is 3.60. The Bertz CT molecular complexity index is 772. The Balaban J connectivity index is 2.17. The number of aromatic nitrogens is 1. The molecule has 0 atom stereocenters. The maximum atomic E-state index is 13.0. The number of hydrogen-bond acceptors (Lipinski definition) is 3. The SMILES string of the molecule is Cc1ccc(S(=O)(=O)N(CCBr)C2CC2)c2cccnc12. The smallest absolute Gasteiger partial charge is 0.244 e. The molecule has 1 fully saturated rings. The van der Waals surface area contributed by atoms with Gasteiger partial charge >= 0.3 is 0 Å². The summed E-state index contributed by atoms with van der Waals surface area (Å²) in [5.74, 6) is 0. The molecule has 112 valence electrons. The van der Waals surface area contributed by atoms with Gasteiger partial charge in [-0.2, -0.15) is 4.31 Å². The van der Waals surface area contributed by atoms with E-state index in [1.54, 1.807) is 22.6 Å². The second kappa shape index (κ2) is 5.66. The molecule has 0 saturated heterocycles. The van der Waals surface area contributed by atoms with Crippen LogP contribution in [-0.2, 0) is 10.0 Å².